The van der Waals surface area contributed by atoms with Crippen LogP contribution >= 0.6 is 0 Å². The zero-order valence-electron chi connectivity index (χ0n) is 15.7. The Bertz CT molecular complexity index is 1250. The van der Waals surface area contributed by atoms with E-state index in [-0.39, 0.29) is 5.82 Å². The maximum Gasteiger partial charge on any atom is 0.343 e. The van der Waals surface area contributed by atoms with Gasteiger partial charge in [0, 0.05) is 17.2 Å². The second-order valence-electron chi connectivity index (χ2n) is 6.57. The number of nitrogen functional groups attached to an aromatic ring is 1. The fourth-order valence-corrected chi connectivity index (χ4v) is 3.36. The average molecular weight is 385 g/mol. The van der Waals surface area contributed by atoms with Gasteiger partial charge in [0.15, 0.2) is 0 Å². The van der Waals surface area contributed by atoms with E-state index >= 15 is 0 Å². The van der Waals surface area contributed by atoms with Crippen molar-refractivity contribution in [3.63, 3.8) is 0 Å². The van der Waals surface area contributed by atoms with E-state index in [4.69, 9.17) is 15.6 Å². The van der Waals surface area contributed by atoms with Gasteiger partial charge in [-0.2, -0.15) is 0 Å². The van der Waals surface area contributed by atoms with Crippen LogP contribution in [0.3, 0.4) is 0 Å². The monoisotopic (exact) mass is 385 g/mol. The molecule has 7 heteroatoms. The Morgan fingerprint density at radius 2 is 1.76 bits per heavy atom. The fraction of sp³-hybridized carbons (Fsp3) is 0.0909. The summed E-state index contributed by atoms with van der Waals surface area (Å²) in [6.07, 6.45) is 2.42. The third-order valence-corrected chi connectivity index (χ3v) is 4.73. The second-order valence-corrected chi connectivity index (χ2v) is 6.57. The quantitative estimate of drug-likeness (QED) is 0.447. The molecule has 4 N–H and O–H groups in total. The molecular formula is C22H19N5O2. The van der Waals surface area contributed by atoms with Crippen molar-refractivity contribution < 1.29 is 4.42 Å². The number of fused-ring (bicyclic) bond motifs is 1. The van der Waals surface area contributed by atoms with Crippen LogP contribution in [0, 0.1) is 5.41 Å². The number of nitrogens with one attached hydrogen (secondary N) is 2. The molecule has 29 heavy (non-hydrogen) atoms. The first-order valence-corrected chi connectivity index (χ1v) is 9.08. The van der Waals surface area contributed by atoms with Crippen LogP contribution < -0.4 is 16.7 Å². The van der Waals surface area contributed by atoms with Crippen LogP contribution in [0.2, 0.25) is 0 Å². The van der Waals surface area contributed by atoms with Crippen molar-refractivity contribution in [1.29, 1.82) is 5.41 Å². The second kappa shape index (κ2) is 7.55. The topological polar surface area (TPSA) is 118 Å². The third-order valence-electron chi connectivity index (χ3n) is 4.73. The summed E-state index contributed by atoms with van der Waals surface area (Å²) in [7, 11) is 0. The Morgan fingerprint density at radius 1 is 1.07 bits per heavy atom. The molecule has 0 aliphatic carbocycles. The van der Waals surface area contributed by atoms with Gasteiger partial charge in [-0.15, -0.1) is 0 Å². The van der Waals surface area contributed by atoms with Crippen molar-refractivity contribution in [2.24, 2.45) is 0 Å². The lowest BCUT2D eigenvalue weighted by Gasteiger charge is -2.19. The van der Waals surface area contributed by atoms with Gasteiger partial charge in [0.05, 0.1) is 17.0 Å². The minimum Gasteiger partial charge on any atom is -0.425 e. The van der Waals surface area contributed by atoms with E-state index in [1.165, 1.54) is 6.33 Å². The highest BCUT2D eigenvalue weighted by atomic mass is 16.4. The molecule has 0 bridgehead atoms. The largest absolute Gasteiger partial charge is 0.425 e. The minimum absolute atomic E-state index is 0.202. The number of rotatable bonds is 5. The molecule has 1 atom stereocenters. The lowest BCUT2D eigenvalue weighted by Crippen LogP contribution is -2.15. The molecule has 0 saturated carbocycles. The Balaban J connectivity index is 1.91. The summed E-state index contributed by atoms with van der Waals surface area (Å²) in [6, 6.07) is 16.7. The van der Waals surface area contributed by atoms with Crippen LogP contribution in [0.25, 0.3) is 21.9 Å². The zero-order chi connectivity index (χ0) is 20.4. The van der Waals surface area contributed by atoms with Crippen LogP contribution in [0.15, 0.2) is 70.1 Å². The van der Waals surface area contributed by atoms with Crippen LogP contribution in [0.5, 0.6) is 0 Å². The summed E-state index contributed by atoms with van der Waals surface area (Å²) in [5.74, 6) is 1.08. The Hall–Kier alpha value is -4.00. The third kappa shape index (κ3) is 3.34. The van der Waals surface area contributed by atoms with Gasteiger partial charge in [-0.25, -0.2) is 14.8 Å². The Labute approximate surface area is 166 Å². The molecule has 2 heterocycles. The molecule has 2 aromatic heterocycles. The SMILES string of the molecule is CC(Nc1ncnc(N)c1C=N)c1oc(=O)c2ccccc2c1-c1ccccc1. The van der Waals surface area contributed by atoms with Gasteiger partial charge >= 0.3 is 5.63 Å². The average Bonchev–Trinajstić information content (AvgIpc) is 2.74. The molecule has 0 aliphatic rings. The lowest BCUT2D eigenvalue weighted by atomic mass is 9.96. The highest BCUT2D eigenvalue weighted by molar-refractivity contribution is 5.97. The minimum atomic E-state index is -0.421. The molecule has 0 radical (unpaired) electrons. The summed E-state index contributed by atoms with van der Waals surface area (Å²) in [4.78, 5) is 20.7. The standard InChI is InChI=1S/C22H19N5O2/c1-13(27-21-17(11-23)20(24)25-12-26-21)19-18(14-7-3-2-4-8-14)15-9-5-6-10-16(15)22(28)29-19/h2-13,23H,1H3,(H3,24,25,26,27). The summed E-state index contributed by atoms with van der Waals surface area (Å²) in [5.41, 5.74) is 7.59. The van der Waals surface area contributed by atoms with E-state index in [0.717, 1.165) is 22.7 Å². The zero-order valence-corrected chi connectivity index (χ0v) is 15.7. The van der Waals surface area contributed by atoms with E-state index < -0.39 is 11.7 Å². The van der Waals surface area contributed by atoms with Gasteiger partial charge in [0.2, 0.25) is 0 Å². The van der Waals surface area contributed by atoms with Gasteiger partial charge in [-0.1, -0.05) is 48.5 Å². The summed E-state index contributed by atoms with van der Waals surface area (Å²) >= 11 is 0. The number of anilines is 2. The first-order valence-electron chi connectivity index (χ1n) is 9.08. The summed E-state index contributed by atoms with van der Waals surface area (Å²) in [5, 5.41) is 12.1. The number of nitrogens with zero attached hydrogens (tertiary/aromatic N) is 2. The van der Waals surface area contributed by atoms with Gasteiger partial charge in [-0.3, -0.25) is 0 Å². The molecule has 1 unspecified atom stereocenters. The predicted octanol–water partition coefficient (Wildman–Crippen LogP) is 4.00. The molecule has 0 fully saturated rings. The predicted molar refractivity (Wildman–Crippen MR) is 114 cm³/mol. The molecule has 0 aliphatic heterocycles. The van der Waals surface area contributed by atoms with Crippen molar-refractivity contribution in [3.05, 3.63) is 82.7 Å². The number of hydrogen-bond donors (Lipinski definition) is 3. The molecule has 0 amide bonds. The molecule has 4 aromatic rings. The molecule has 2 aromatic carbocycles. The number of nitrogens with two attached hydrogens (primary N) is 1. The highest BCUT2D eigenvalue weighted by Crippen LogP contribution is 2.35. The smallest absolute Gasteiger partial charge is 0.343 e. The van der Waals surface area contributed by atoms with E-state index in [1.54, 1.807) is 6.07 Å². The Morgan fingerprint density at radius 3 is 2.48 bits per heavy atom. The van der Waals surface area contributed by atoms with E-state index in [2.05, 4.69) is 15.3 Å². The molecule has 4 rings (SSSR count). The molecule has 144 valence electrons. The lowest BCUT2D eigenvalue weighted by molar-refractivity contribution is 0.452. The van der Waals surface area contributed by atoms with Crippen molar-refractivity contribution in [1.82, 2.24) is 9.97 Å². The van der Waals surface area contributed by atoms with Gasteiger partial charge < -0.3 is 20.9 Å². The van der Waals surface area contributed by atoms with Crippen molar-refractivity contribution in [2.45, 2.75) is 13.0 Å². The Kier molecular flexibility index (Phi) is 4.78. The van der Waals surface area contributed by atoms with Gasteiger partial charge in [0.25, 0.3) is 0 Å². The first kappa shape index (κ1) is 18.4. The van der Waals surface area contributed by atoms with Gasteiger partial charge in [0.1, 0.15) is 23.7 Å². The number of benzene rings is 2. The van der Waals surface area contributed by atoms with Crippen molar-refractivity contribution >= 4 is 28.6 Å². The maximum atomic E-state index is 12.6. The fourth-order valence-electron chi connectivity index (χ4n) is 3.36. The van der Waals surface area contributed by atoms with E-state index in [0.29, 0.717) is 22.5 Å². The van der Waals surface area contributed by atoms with Crippen LogP contribution in [0.4, 0.5) is 11.6 Å². The van der Waals surface area contributed by atoms with Gasteiger partial charge in [-0.05, 0) is 18.6 Å². The molecule has 7 nitrogen and oxygen atoms in total. The summed E-state index contributed by atoms with van der Waals surface area (Å²) in [6.45, 7) is 1.87. The highest BCUT2D eigenvalue weighted by Gasteiger charge is 2.21. The molecule has 0 spiro atoms. The van der Waals surface area contributed by atoms with Crippen LogP contribution in [-0.2, 0) is 0 Å². The van der Waals surface area contributed by atoms with E-state index in [1.807, 2.05) is 55.5 Å². The van der Waals surface area contributed by atoms with Crippen molar-refractivity contribution in [3.8, 4) is 11.1 Å². The summed E-state index contributed by atoms with van der Waals surface area (Å²) < 4.78 is 5.76. The number of aromatic nitrogens is 2. The molecule has 0 saturated heterocycles. The molecular weight excluding hydrogens is 366 g/mol. The van der Waals surface area contributed by atoms with Crippen molar-refractivity contribution in [2.75, 3.05) is 11.1 Å². The van der Waals surface area contributed by atoms with Crippen LogP contribution in [-0.4, -0.2) is 16.2 Å². The first-order chi connectivity index (χ1) is 14.1. The van der Waals surface area contributed by atoms with Crippen LogP contribution in [0.1, 0.15) is 24.3 Å². The number of hydrogen-bond acceptors (Lipinski definition) is 7. The maximum absolute atomic E-state index is 12.6. The van der Waals surface area contributed by atoms with E-state index in [9.17, 15) is 4.79 Å². The normalized spacial score (nSPS) is 11.9.